The van der Waals surface area contributed by atoms with Crippen molar-refractivity contribution in [1.82, 2.24) is 9.97 Å². The van der Waals surface area contributed by atoms with Crippen LogP contribution in [-0.4, -0.2) is 21.0 Å². The first-order valence-corrected chi connectivity index (χ1v) is 5.48. The van der Waals surface area contributed by atoms with Crippen LogP contribution in [0.5, 0.6) is 0 Å². The average Bonchev–Trinajstić information content (AvgIpc) is 2.74. The Kier molecular flexibility index (Phi) is 3.47. The van der Waals surface area contributed by atoms with Gasteiger partial charge in [-0.3, -0.25) is 0 Å². The summed E-state index contributed by atoms with van der Waals surface area (Å²) in [7, 11) is 0. The quantitative estimate of drug-likeness (QED) is 0.884. The van der Waals surface area contributed by atoms with Crippen molar-refractivity contribution in [3.05, 3.63) is 40.7 Å². The Morgan fingerprint density at radius 1 is 1.50 bits per heavy atom. The lowest BCUT2D eigenvalue weighted by atomic mass is 10.2. The molecule has 0 fully saturated rings. The Hall–Kier alpha value is -2.08. The molecule has 2 heterocycles. The van der Waals surface area contributed by atoms with Gasteiger partial charge in [-0.05, 0) is 13.0 Å². The van der Waals surface area contributed by atoms with Crippen LogP contribution in [0.2, 0.25) is 5.02 Å². The van der Waals surface area contributed by atoms with Crippen LogP contribution in [0.3, 0.4) is 0 Å². The van der Waals surface area contributed by atoms with Crippen molar-refractivity contribution < 1.29 is 14.3 Å². The molecule has 2 rings (SSSR count). The number of nitrogens with one attached hydrogen (secondary N) is 1. The Morgan fingerprint density at radius 3 is 2.89 bits per heavy atom. The van der Waals surface area contributed by atoms with Crippen LogP contribution in [0.15, 0.2) is 22.9 Å². The SMILES string of the molecule is Cc1cnc(CNc2cc(C(=O)O)c(Cl)cn2)o1. The van der Waals surface area contributed by atoms with E-state index in [9.17, 15) is 4.79 Å². The maximum Gasteiger partial charge on any atom is 0.337 e. The van der Waals surface area contributed by atoms with Crippen LogP contribution in [0, 0.1) is 6.92 Å². The molecule has 0 aromatic carbocycles. The van der Waals surface area contributed by atoms with Gasteiger partial charge in [-0.25, -0.2) is 14.8 Å². The number of anilines is 1. The van der Waals surface area contributed by atoms with Crippen LogP contribution in [0.1, 0.15) is 22.0 Å². The van der Waals surface area contributed by atoms with E-state index in [4.69, 9.17) is 21.1 Å². The van der Waals surface area contributed by atoms with Crippen molar-refractivity contribution in [2.45, 2.75) is 13.5 Å². The molecule has 0 aliphatic carbocycles. The summed E-state index contributed by atoms with van der Waals surface area (Å²) in [6, 6.07) is 1.36. The van der Waals surface area contributed by atoms with Gasteiger partial charge in [0.1, 0.15) is 11.6 Å². The van der Waals surface area contributed by atoms with E-state index < -0.39 is 5.97 Å². The van der Waals surface area contributed by atoms with Gasteiger partial charge < -0.3 is 14.8 Å². The van der Waals surface area contributed by atoms with Gasteiger partial charge in [0.25, 0.3) is 0 Å². The topological polar surface area (TPSA) is 88.2 Å². The Bertz CT molecular complexity index is 583. The lowest BCUT2D eigenvalue weighted by Crippen LogP contribution is -2.04. The number of rotatable bonds is 4. The van der Waals surface area contributed by atoms with Crippen molar-refractivity contribution in [2.24, 2.45) is 0 Å². The number of aromatic nitrogens is 2. The Labute approximate surface area is 108 Å². The van der Waals surface area contributed by atoms with E-state index in [-0.39, 0.29) is 10.6 Å². The lowest BCUT2D eigenvalue weighted by molar-refractivity contribution is 0.0697. The number of hydrogen-bond acceptors (Lipinski definition) is 5. The molecular formula is C11H10ClN3O3. The fourth-order valence-electron chi connectivity index (χ4n) is 1.35. The zero-order chi connectivity index (χ0) is 13.1. The monoisotopic (exact) mass is 267 g/mol. The molecule has 0 saturated carbocycles. The summed E-state index contributed by atoms with van der Waals surface area (Å²) in [5.41, 5.74) is -0.00208. The fraction of sp³-hybridized carbons (Fsp3) is 0.182. The molecule has 18 heavy (non-hydrogen) atoms. The molecule has 0 aliphatic heterocycles. The van der Waals surface area contributed by atoms with Gasteiger partial charge >= 0.3 is 5.97 Å². The molecule has 0 amide bonds. The average molecular weight is 268 g/mol. The number of halogens is 1. The first-order valence-electron chi connectivity index (χ1n) is 5.10. The number of pyridine rings is 1. The van der Waals surface area contributed by atoms with Crippen molar-refractivity contribution in [2.75, 3.05) is 5.32 Å². The smallest absolute Gasteiger partial charge is 0.337 e. The molecule has 0 atom stereocenters. The summed E-state index contributed by atoms with van der Waals surface area (Å²) in [5.74, 6) is 0.508. The van der Waals surface area contributed by atoms with Crippen molar-refractivity contribution in [3.63, 3.8) is 0 Å². The van der Waals surface area contributed by atoms with Crippen LogP contribution in [-0.2, 0) is 6.54 Å². The molecule has 0 spiro atoms. The highest BCUT2D eigenvalue weighted by Gasteiger charge is 2.10. The third-order valence-electron chi connectivity index (χ3n) is 2.18. The zero-order valence-corrected chi connectivity index (χ0v) is 10.2. The molecule has 2 N–H and O–H groups in total. The van der Waals surface area contributed by atoms with E-state index in [1.807, 2.05) is 0 Å². The second-order valence-electron chi connectivity index (χ2n) is 3.57. The molecule has 0 unspecified atom stereocenters. The minimum Gasteiger partial charge on any atom is -0.478 e. The molecule has 2 aromatic heterocycles. The van der Waals surface area contributed by atoms with E-state index in [0.29, 0.717) is 24.0 Å². The van der Waals surface area contributed by atoms with Gasteiger partial charge in [-0.2, -0.15) is 0 Å². The van der Waals surface area contributed by atoms with E-state index >= 15 is 0 Å². The maximum atomic E-state index is 10.9. The van der Waals surface area contributed by atoms with Crippen molar-refractivity contribution in [1.29, 1.82) is 0 Å². The second-order valence-corrected chi connectivity index (χ2v) is 3.98. The van der Waals surface area contributed by atoms with E-state index in [0.717, 1.165) is 0 Å². The zero-order valence-electron chi connectivity index (χ0n) is 9.48. The third-order valence-corrected chi connectivity index (χ3v) is 2.48. The summed E-state index contributed by atoms with van der Waals surface area (Å²) in [6.45, 7) is 2.11. The lowest BCUT2D eigenvalue weighted by Gasteiger charge is -2.05. The van der Waals surface area contributed by atoms with E-state index in [1.54, 1.807) is 13.1 Å². The Morgan fingerprint density at radius 2 is 2.28 bits per heavy atom. The van der Waals surface area contributed by atoms with Gasteiger partial charge in [0.15, 0.2) is 0 Å². The first-order chi connectivity index (χ1) is 8.56. The molecule has 7 heteroatoms. The predicted molar refractivity (Wildman–Crippen MR) is 64.8 cm³/mol. The van der Waals surface area contributed by atoms with Crippen LogP contribution in [0.25, 0.3) is 0 Å². The minimum atomic E-state index is -1.10. The number of carboxylic acids is 1. The normalized spacial score (nSPS) is 10.3. The third kappa shape index (κ3) is 2.78. The summed E-state index contributed by atoms with van der Waals surface area (Å²) < 4.78 is 5.26. The molecule has 0 aliphatic rings. The molecular weight excluding hydrogens is 258 g/mol. The van der Waals surface area contributed by atoms with Crippen LogP contribution >= 0.6 is 11.6 Å². The summed E-state index contributed by atoms with van der Waals surface area (Å²) in [4.78, 5) is 18.9. The molecule has 0 bridgehead atoms. The van der Waals surface area contributed by atoms with E-state index in [1.165, 1.54) is 12.3 Å². The highest BCUT2D eigenvalue weighted by molar-refractivity contribution is 6.33. The highest BCUT2D eigenvalue weighted by atomic mass is 35.5. The van der Waals surface area contributed by atoms with Gasteiger partial charge in [-0.1, -0.05) is 11.6 Å². The maximum absolute atomic E-state index is 10.9. The van der Waals surface area contributed by atoms with Crippen molar-refractivity contribution >= 4 is 23.4 Å². The minimum absolute atomic E-state index is 0.00208. The molecule has 94 valence electrons. The van der Waals surface area contributed by atoms with Gasteiger partial charge in [0, 0.05) is 6.20 Å². The summed E-state index contributed by atoms with van der Waals surface area (Å²) >= 11 is 5.71. The standard InChI is InChI=1S/C11H10ClN3O3/c1-6-3-15-10(18-6)5-14-9-2-7(11(16)17)8(12)4-13-9/h2-4H,5H2,1H3,(H,13,14)(H,16,17). The highest BCUT2D eigenvalue weighted by Crippen LogP contribution is 2.18. The number of nitrogens with zero attached hydrogens (tertiary/aromatic N) is 2. The van der Waals surface area contributed by atoms with Gasteiger partial charge in [0.05, 0.1) is 23.3 Å². The number of aryl methyl sites for hydroxylation is 1. The molecule has 2 aromatic rings. The van der Waals surface area contributed by atoms with Gasteiger partial charge in [0.2, 0.25) is 5.89 Å². The summed E-state index contributed by atoms with van der Waals surface area (Å²) in [5, 5.41) is 11.9. The predicted octanol–water partition coefficient (Wildman–Crippen LogP) is 2.34. The molecule has 0 radical (unpaired) electrons. The second kappa shape index (κ2) is 5.05. The molecule has 6 nitrogen and oxygen atoms in total. The van der Waals surface area contributed by atoms with E-state index in [2.05, 4.69) is 15.3 Å². The summed E-state index contributed by atoms with van der Waals surface area (Å²) in [6.07, 6.45) is 2.89. The number of carbonyl (C=O) groups is 1. The first kappa shape index (κ1) is 12.4. The van der Waals surface area contributed by atoms with Crippen LogP contribution < -0.4 is 5.32 Å². The number of aromatic carboxylic acids is 1. The number of oxazole rings is 1. The van der Waals surface area contributed by atoms with Crippen LogP contribution in [0.4, 0.5) is 5.82 Å². The van der Waals surface area contributed by atoms with Gasteiger partial charge in [-0.15, -0.1) is 0 Å². The Balaban J connectivity index is 2.10. The number of carboxylic acid groups (broad SMARTS) is 1. The number of hydrogen-bond donors (Lipinski definition) is 2. The fourth-order valence-corrected chi connectivity index (χ4v) is 1.53. The van der Waals surface area contributed by atoms with Crippen molar-refractivity contribution in [3.8, 4) is 0 Å². The largest absolute Gasteiger partial charge is 0.478 e. The molecule has 0 saturated heterocycles.